The molecule has 0 spiro atoms. The van der Waals surface area contributed by atoms with Crippen molar-refractivity contribution in [2.45, 2.75) is 32.4 Å². The highest BCUT2D eigenvalue weighted by Gasteiger charge is 2.20. The Morgan fingerprint density at radius 1 is 1.33 bits per heavy atom. The van der Waals surface area contributed by atoms with Crippen molar-refractivity contribution >= 4 is 10.9 Å². The molecule has 2 aromatic rings. The van der Waals surface area contributed by atoms with Gasteiger partial charge in [-0.3, -0.25) is 9.88 Å². The van der Waals surface area contributed by atoms with Gasteiger partial charge in [0.05, 0.1) is 5.52 Å². The maximum absolute atomic E-state index is 13.8. The molecular weight excluding hydrogens is 265 g/mol. The molecule has 0 saturated carbocycles. The van der Waals surface area contributed by atoms with Crippen LogP contribution in [0.25, 0.3) is 10.9 Å². The number of benzene rings is 1. The molecule has 1 N–H and O–H groups in total. The Morgan fingerprint density at radius 2 is 2.14 bits per heavy atom. The summed E-state index contributed by atoms with van der Waals surface area (Å²) in [5.74, 6) is -0.174. The lowest BCUT2D eigenvalue weighted by Crippen LogP contribution is -2.42. The van der Waals surface area contributed by atoms with Gasteiger partial charge in [0.25, 0.3) is 0 Å². The quantitative estimate of drug-likeness (QED) is 0.937. The first kappa shape index (κ1) is 14.4. The lowest BCUT2D eigenvalue weighted by atomic mass is 10.0. The van der Waals surface area contributed by atoms with Gasteiger partial charge in [0.2, 0.25) is 0 Å². The van der Waals surface area contributed by atoms with Gasteiger partial charge in [-0.1, -0.05) is 13.0 Å². The molecule has 0 radical (unpaired) electrons. The lowest BCUT2D eigenvalue weighted by Gasteiger charge is -2.34. The predicted molar refractivity (Wildman–Crippen MR) is 83.7 cm³/mol. The molecule has 3 nitrogen and oxygen atoms in total. The lowest BCUT2D eigenvalue weighted by molar-refractivity contribution is 0.162. The third kappa shape index (κ3) is 3.22. The molecule has 0 atom stereocenters. The van der Waals surface area contributed by atoms with Gasteiger partial charge in [-0.05, 0) is 56.2 Å². The van der Waals surface area contributed by atoms with Gasteiger partial charge in [-0.2, -0.15) is 0 Å². The zero-order valence-electron chi connectivity index (χ0n) is 12.5. The highest BCUT2D eigenvalue weighted by molar-refractivity contribution is 5.81. The first-order valence-corrected chi connectivity index (χ1v) is 7.76. The molecule has 3 rings (SSSR count). The molecule has 0 unspecified atom stereocenters. The number of nitrogens with zero attached hydrogens (tertiary/aromatic N) is 2. The van der Waals surface area contributed by atoms with Gasteiger partial charge < -0.3 is 5.32 Å². The van der Waals surface area contributed by atoms with Gasteiger partial charge in [0.1, 0.15) is 5.82 Å². The number of pyridine rings is 1. The maximum Gasteiger partial charge on any atom is 0.124 e. The summed E-state index contributed by atoms with van der Waals surface area (Å²) in [5, 5.41) is 4.28. The van der Waals surface area contributed by atoms with E-state index in [-0.39, 0.29) is 5.82 Å². The predicted octanol–water partition coefficient (Wildman–Crippen LogP) is 2.95. The molecule has 4 heteroatoms. The molecule has 0 amide bonds. The van der Waals surface area contributed by atoms with Crippen molar-refractivity contribution in [1.29, 1.82) is 0 Å². The highest BCUT2D eigenvalue weighted by Crippen LogP contribution is 2.22. The van der Waals surface area contributed by atoms with Crippen LogP contribution in [0.15, 0.2) is 30.5 Å². The van der Waals surface area contributed by atoms with E-state index in [1.54, 1.807) is 18.3 Å². The van der Waals surface area contributed by atoms with Crippen LogP contribution in [0.3, 0.4) is 0 Å². The number of hydrogen-bond acceptors (Lipinski definition) is 3. The van der Waals surface area contributed by atoms with Crippen molar-refractivity contribution in [2.75, 3.05) is 19.6 Å². The van der Waals surface area contributed by atoms with Crippen molar-refractivity contribution < 1.29 is 4.39 Å². The first-order valence-electron chi connectivity index (χ1n) is 7.76. The average Bonchev–Trinajstić information content (AvgIpc) is 2.53. The third-order valence-corrected chi connectivity index (χ3v) is 4.35. The van der Waals surface area contributed by atoms with Crippen LogP contribution in [0.4, 0.5) is 4.39 Å². The van der Waals surface area contributed by atoms with Gasteiger partial charge in [0.15, 0.2) is 0 Å². The molecule has 2 heterocycles. The monoisotopic (exact) mass is 287 g/mol. The molecule has 1 saturated heterocycles. The van der Waals surface area contributed by atoms with Crippen LogP contribution in [-0.2, 0) is 6.54 Å². The minimum absolute atomic E-state index is 0.174. The third-order valence-electron chi connectivity index (χ3n) is 4.35. The van der Waals surface area contributed by atoms with Crippen molar-refractivity contribution in [3.05, 3.63) is 41.8 Å². The fourth-order valence-electron chi connectivity index (χ4n) is 3.24. The summed E-state index contributed by atoms with van der Waals surface area (Å²) in [7, 11) is 0. The zero-order valence-corrected chi connectivity index (χ0v) is 12.5. The van der Waals surface area contributed by atoms with Crippen LogP contribution in [0, 0.1) is 5.82 Å². The van der Waals surface area contributed by atoms with E-state index in [2.05, 4.69) is 22.1 Å². The largest absolute Gasteiger partial charge is 0.317 e. The topological polar surface area (TPSA) is 28.2 Å². The number of piperidine rings is 1. The first-order chi connectivity index (χ1) is 10.3. The van der Waals surface area contributed by atoms with E-state index < -0.39 is 0 Å². The van der Waals surface area contributed by atoms with E-state index in [1.807, 2.05) is 12.1 Å². The minimum atomic E-state index is -0.174. The van der Waals surface area contributed by atoms with Crippen molar-refractivity contribution in [2.24, 2.45) is 0 Å². The number of halogens is 1. The molecule has 0 aliphatic carbocycles. The summed E-state index contributed by atoms with van der Waals surface area (Å²) in [4.78, 5) is 6.90. The fraction of sp³-hybridized carbons (Fsp3) is 0.471. The molecule has 21 heavy (non-hydrogen) atoms. The van der Waals surface area contributed by atoms with E-state index in [0.29, 0.717) is 6.04 Å². The Morgan fingerprint density at radius 3 is 2.90 bits per heavy atom. The van der Waals surface area contributed by atoms with Crippen molar-refractivity contribution in [1.82, 2.24) is 15.2 Å². The maximum atomic E-state index is 13.8. The number of hydrogen-bond donors (Lipinski definition) is 1. The molecule has 112 valence electrons. The van der Waals surface area contributed by atoms with Gasteiger partial charge in [-0.15, -0.1) is 0 Å². The second-order valence-corrected chi connectivity index (χ2v) is 5.68. The molecule has 1 aliphatic heterocycles. The van der Waals surface area contributed by atoms with Crippen molar-refractivity contribution in [3.8, 4) is 0 Å². The molecule has 1 aliphatic rings. The number of nitrogens with one attached hydrogen (secondary N) is 1. The summed E-state index contributed by atoms with van der Waals surface area (Å²) < 4.78 is 13.8. The smallest absolute Gasteiger partial charge is 0.124 e. The minimum Gasteiger partial charge on any atom is -0.317 e. The van der Waals surface area contributed by atoms with Crippen molar-refractivity contribution in [3.63, 3.8) is 0 Å². The molecule has 0 bridgehead atoms. The Hall–Kier alpha value is -1.52. The van der Waals surface area contributed by atoms with Gasteiger partial charge in [-0.25, -0.2) is 4.39 Å². The van der Waals surface area contributed by atoms with Crippen LogP contribution >= 0.6 is 0 Å². The van der Waals surface area contributed by atoms with Crippen LogP contribution in [0.1, 0.15) is 25.3 Å². The average molecular weight is 287 g/mol. The van der Waals surface area contributed by atoms with Crippen LogP contribution in [-0.4, -0.2) is 35.6 Å². The highest BCUT2D eigenvalue weighted by atomic mass is 19.1. The Bertz CT molecular complexity index is 608. The zero-order chi connectivity index (χ0) is 14.7. The standard InChI is InChI=1S/C17H22FN3/c1-2-21(16-5-8-19-9-6-16)12-14-11-15(18)10-13-4-3-7-20-17(13)14/h3-4,7,10-11,16,19H,2,5-6,8-9,12H2,1H3. The second-order valence-electron chi connectivity index (χ2n) is 5.68. The van der Waals surface area contributed by atoms with Crippen LogP contribution < -0.4 is 5.32 Å². The molecule has 1 aromatic carbocycles. The van der Waals surface area contributed by atoms with Gasteiger partial charge in [0, 0.05) is 24.2 Å². The summed E-state index contributed by atoms with van der Waals surface area (Å²) in [5.41, 5.74) is 1.91. The molecule has 1 aromatic heterocycles. The molecular formula is C17H22FN3. The normalized spacial score (nSPS) is 16.7. The number of rotatable bonds is 4. The Labute approximate surface area is 125 Å². The summed E-state index contributed by atoms with van der Waals surface area (Å²) in [6.45, 7) is 6.07. The Balaban J connectivity index is 1.88. The van der Waals surface area contributed by atoms with E-state index in [1.165, 1.54) is 0 Å². The Kier molecular flexibility index (Phi) is 4.46. The summed E-state index contributed by atoms with van der Waals surface area (Å²) >= 11 is 0. The SMILES string of the molecule is CCN(Cc1cc(F)cc2cccnc12)C1CCNCC1. The molecule has 1 fully saturated rings. The second kappa shape index (κ2) is 6.50. The van der Waals surface area contributed by atoms with E-state index >= 15 is 0 Å². The van der Waals surface area contributed by atoms with E-state index in [4.69, 9.17) is 0 Å². The van der Waals surface area contributed by atoms with Crippen LogP contribution in [0.5, 0.6) is 0 Å². The summed E-state index contributed by atoms with van der Waals surface area (Å²) in [6.07, 6.45) is 4.10. The van der Waals surface area contributed by atoms with E-state index in [9.17, 15) is 4.39 Å². The summed E-state index contributed by atoms with van der Waals surface area (Å²) in [6, 6.07) is 7.57. The number of fused-ring (bicyclic) bond motifs is 1. The number of aromatic nitrogens is 1. The fourth-order valence-corrected chi connectivity index (χ4v) is 3.24. The van der Waals surface area contributed by atoms with Gasteiger partial charge >= 0.3 is 0 Å². The van der Waals surface area contributed by atoms with Crippen LogP contribution in [0.2, 0.25) is 0 Å². The van der Waals surface area contributed by atoms with E-state index in [0.717, 1.165) is 55.5 Å².